The average Bonchev–Trinajstić information content (AvgIpc) is 3.05. The van der Waals surface area contributed by atoms with Gasteiger partial charge >= 0.3 is 12.9 Å². The highest BCUT2D eigenvalue weighted by Gasteiger charge is 2.30. The van der Waals surface area contributed by atoms with Crippen molar-refractivity contribution in [2.75, 3.05) is 6.73 Å². The number of nitrogens with zero attached hydrogens (tertiary/aromatic N) is 2. The number of aromatic nitrogens is 1. The van der Waals surface area contributed by atoms with E-state index in [2.05, 4.69) is 9.83 Å². The third-order valence-corrected chi connectivity index (χ3v) is 3.84. The van der Waals surface area contributed by atoms with Gasteiger partial charge in [0.25, 0.3) is 0 Å². The maximum Gasteiger partial charge on any atom is 0.416 e. The van der Waals surface area contributed by atoms with E-state index in [-0.39, 0.29) is 19.2 Å². The van der Waals surface area contributed by atoms with Crippen LogP contribution in [-0.4, -0.2) is 11.7 Å². The fourth-order valence-electron chi connectivity index (χ4n) is 2.37. The first kappa shape index (κ1) is 19.3. The molecule has 0 atom stereocenters. The summed E-state index contributed by atoms with van der Waals surface area (Å²) in [6.45, 7) is 8.48. The molecule has 0 radical (unpaired) electrons. The van der Waals surface area contributed by atoms with Crippen LogP contribution >= 0.6 is 0 Å². The lowest BCUT2D eigenvalue weighted by molar-refractivity contribution is -0.137. The van der Waals surface area contributed by atoms with Gasteiger partial charge < -0.3 is 13.9 Å². The summed E-state index contributed by atoms with van der Waals surface area (Å²) in [4.78, 5) is 7.36. The maximum atomic E-state index is 12.7. The summed E-state index contributed by atoms with van der Waals surface area (Å²) in [6.07, 6.45) is -4.39. The predicted octanol–water partition coefficient (Wildman–Crippen LogP) is 5.50. The number of alkyl halides is 3. The van der Waals surface area contributed by atoms with Gasteiger partial charge in [0.2, 0.25) is 5.89 Å². The first-order valence-electron chi connectivity index (χ1n) is 8.19. The lowest BCUT2D eigenvalue weighted by atomic mass is 10.1. The van der Waals surface area contributed by atoms with Gasteiger partial charge in [0, 0.05) is 5.56 Å². The third kappa shape index (κ3) is 4.62. The van der Waals surface area contributed by atoms with E-state index in [4.69, 9.17) is 20.5 Å². The Hall–Kier alpha value is -3.47. The summed E-state index contributed by atoms with van der Waals surface area (Å²) < 4.78 is 54.4. The standard InChI is InChI=1S/C20H15F3N2O3/c1-13-18(11-26-16-7-9-17(10-8-16)27-12-24-2)28-19(25-13)14-3-5-15(6-4-14)20(21,22)23/h3-10H,11-12H2,1H3. The predicted molar refractivity (Wildman–Crippen MR) is 94.5 cm³/mol. The smallest absolute Gasteiger partial charge is 0.416 e. The number of hydrogen-bond donors (Lipinski definition) is 0. The van der Waals surface area contributed by atoms with Crippen LogP contribution in [0.5, 0.6) is 11.5 Å². The molecule has 0 saturated carbocycles. The van der Waals surface area contributed by atoms with Crippen molar-refractivity contribution in [3.63, 3.8) is 0 Å². The molecule has 0 bridgehead atoms. The molecule has 2 aromatic carbocycles. The summed E-state index contributed by atoms with van der Waals surface area (Å²) in [7, 11) is 0. The Morgan fingerprint density at radius 3 is 2.18 bits per heavy atom. The van der Waals surface area contributed by atoms with Crippen LogP contribution in [-0.2, 0) is 12.8 Å². The Bertz CT molecular complexity index is 972. The highest BCUT2D eigenvalue weighted by atomic mass is 19.4. The van der Waals surface area contributed by atoms with Crippen LogP contribution in [0, 0.1) is 13.5 Å². The van der Waals surface area contributed by atoms with E-state index in [1.165, 1.54) is 12.1 Å². The van der Waals surface area contributed by atoms with Gasteiger partial charge in [-0.1, -0.05) is 0 Å². The van der Waals surface area contributed by atoms with Crippen molar-refractivity contribution in [1.82, 2.24) is 4.98 Å². The summed E-state index contributed by atoms with van der Waals surface area (Å²) in [5.41, 5.74) is 0.308. The van der Waals surface area contributed by atoms with Gasteiger partial charge in [0.05, 0.1) is 11.3 Å². The van der Waals surface area contributed by atoms with E-state index >= 15 is 0 Å². The van der Waals surface area contributed by atoms with E-state index in [1.54, 1.807) is 31.2 Å². The summed E-state index contributed by atoms with van der Waals surface area (Å²) in [5.74, 6) is 1.83. The second-order valence-electron chi connectivity index (χ2n) is 5.79. The molecule has 0 aliphatic rings. The van der Waals surface area contributed by atoms with Crippen molar-refractivity contribution in [3.8, 4) is 23.0 Å². The van der Waals surface area contributed by atoms with Gasteiger partial charge in [-0.15, -0.1) is 0 Å². The monoisotopic (exact) mass is 388 g/mol. The van der Waals surface area contributed by atoms with Gasteiger partial charge in [0.1, 0.15) is 18.1 Å². The second-order valence-corrected chi connectivity index (χ2v) is 5.79. The van der Waals surface area contributed by atoms with Gasteiger partial charge in [-0.2, -0.15) is 13.2 Å². The molecule has 0 aliphatic carbocycles. The largest absolute Gasteiger partial charge is 0.486 e. The number of aryl methyl sites for hydroxylation is 1. The fourth-order valence-corrected chi connectivity index (χ4v) is 2.37. The SMILES string of the molecule is [C-]#[N+]COc1ccc(OCc2oc(-c3ccc(C(F)(F)F)cc3)nc2C)cc1. The highest BCUT2D eigenvalue weighted by Crippen LogP contribution is 2.31. The molecule has 0 N–H and O–H groups in total. The summed E-state index contributed by atoms with van der Waals surface area (Å²) in [6, 6.07) is 11.4. The summed E-state index contributed by atoms with van der Waals surface area (Å²) >= 11 is 0. The number of oxazole rings is 1. The van der Waals surface area contributed by atoms with Gasteiger partial charge in [0.15, 0.2) is 5.76 Å². The molecule has 28 heavy (non-hydrogen) atoms. The summed E-state index contributed by atoms with van der Waals surface area (Å²) in [5, 5.41) is 0. The zero-order valence-corrected chi connectivity index (χ0v) is 14.8. The van der Waals surface area contributed by atoms with Gasteiger partial charge in [-0.3, -0.25) is 4.85 Å². The zero-order chi connectivity index (χ0) is 20.1. The van der Waals surface area contributed by atoms with Crippen molar-refractivity contribution in [2.45, 2.75) is 19.7 Å². The van der Waals surface area contributed by atoms with Crippen LogP contribution in [0.25, 0.3) is 16.3 Å². The van der Waals surface area contributed by atoms with E-state index < -0.39 is 11.7 Å². The minimum atomic E-state index is -4.39. The number of hydrogen-bond acceptors (Lipinski definition) is 4. The Balaban J connectivity index is 1.66. The molecule has 144 valence electrons. The molecule has 1 aromatic heterocycles. The van der Waals surface area contributed by atoms with E-state index in [0.29, 0.717) is 28.5 Å². The molecule has 1 heterocycles. The molecule has 0 amide bonds. The highest BCUT2D eigenvalue weighted by molar-refractivity contribution is 5.54. The molecule has 0 unspecified atom stereocenters. The minimum absolute atomic E-state index is 0.0514. The van der Waals surface area contributed by atoms with Crippen molar-refractivity contribution in [3.05, 3.63) is 77.0 Å². The molecule has 0 fully saturated rings. The molecule has 0 aliphatic heterocycles. The van der Waals surface area contributed by atoms with Crippen LogP contribution in [0.3, 0.4) is 0 Å². The molecule has 8 heteroatoms. The van der Waals surface area contributed by atoms with Crippen molar-refractivity contribution in [1.29, 1.82) is 0 Å². The van der Waals surface area contributed by atoms with E-state index in [1.807, 2.05) is 0 Å². The molecular formula is C20H15F3N2O3. The number of benzene rings is 2. The number of ether oxygens (including phenoxy) is 2. The zero-order valence-electron chi connectivity index (χ0n) is 14.8. The number of halogens is 3. The Kier molecular flexibility index (Phi) is 5.54. The average molecular weight is 388 g/mol. The van der Waals surface area contributed by atoms with E-state index in [9.17, 15) is 13.2 Å². The van der Waals surface area contributed by atoms with Gasteiger partial charge in [-0.25, -0.2) is 11.6 Å². The van der Waals surface area contributed by atoms with Crippen LogP contribution in [0.1, 0.15) is 17.0 Å². The first-order chi connectivity index (χ1) is 13.4. The van der Waals surface area contributed by atoms with Crippen molar-refractivity contribution in [2.24, 2.45) is 0 Å². The third-order valence-electron chi connectivity index (χ3n) is 3.84. The van der Waals surface area contributed by atoms with Crippen LogP contribution in [0.15, 0.2) is 52.9 Å². The number of rotatable bonds is 6. The Morgan fingerprint density at radius 2 is 1.61 bits per heavy atom. The van der Waals surface area contributed by atoms with E-state index in [0.717, 1.165) is 12.1 Å². The van der Waals surface area contributed by atoms with Crippen LogP contribution in [0.4, 0.5) is 13.2 Å². The van der Waals surface area contributed by atoms with Crippen LogP contribution in [0.2, 0.25) is 0 Å². The molecular weight excluding hydrogens is 373 g/mol. The Morgan fingerprint density at radius 1 is 1.00 bits per heavy atom. The minimum Gasteiger partial charge on any atom is -0.486 e. The Labute approximate surface area is 159 Å². The van der Waals surface area contributed by atoms with Gasteiger partial charge in [-0.05, 0) is 55.5 Å². The van der Waals surface area contributed by atoms with Crippen molar-refractivity contribution < 1.29 is 27.1 Å². The fraction of sp³-hybridized carbons (Fsp3) is 0.200. The lowest BCUT2D eigenvalue weighted by Crippen LogP contribution is -2.03. The molecule has 3 rings (SSSR count). The lowest BCUT2D eigenvalue weighted by Gasteiger charge is -2.06. The molecule has 0 spiro atoms. The molecule has 5 nitrogen and oxygen atoms in total. The normalized spacial score (nSPS) is 11.1. The maximum absolute atomic E-state index is 12.7. The first-order valence-corrected chi connectivity index (χ1v) is 8.19. The quantitative estimate of drug-likeness (QED) is 0.523. The van der Waals surface area contributed by atoms with Crippen LogP contribution < -0.4 is 9.47 Å². The molecule has 3 aromatic rings. The second kappa shape index (κ2) is 8.05. The topological polar surface area (TPSA) is 48.9 Å². The van der Waals surface area contributed by atoms with Crippen molar-refractivity contribution >= 4 is 0 Å². The molecule has 0 saturated heterocycles.